The summed E-state index contributed by atoms with van der Waals surface area (Å²) in [5.74, 6) is 5.37. The fourth-order valence-electron chi connectivity index (χ4n) is 1.25. The molecule has 0 aliphatic carbocycles. The Morgan fingerprint density at radius 1 is 1.16 bits per heavy atom. The van der Waals surface area contributed by atoms with Crippen molar-refractivity contribution in [1.82, 2.24) is 15.0 Å². The van der Waals surface area contributed by atoms with Gasteiger partial charge in [-0.25, -0.2) is 10.2 Å². The van der Waals surface area contributed by atoms with Crippen molar-refractivity contribution in [2.45, 2.75) is 6.92 Å². The Morgan fingerprint density at radius 2 is 1.84 bits per heavy atom. The van der Waals surface area contributed by atoms with Gasteiger partial charge >= 0.3 is 12.0 Å². The summed E-state index contributed by atoms with van der Waals surface area (Å²) in [4.78, 5) is 11.7. The molecule has 0 radical (unpaired) electrons. The number of nitrogen functional groups attached to an aromatic ring is 1. The van der Waals surface area contributed by atoms with E-state index in [2.05, 4.69) is 20.4 Å². The highest BCUT2D eigenvalue weighted by atomic mass is 19.1. The summed E-state index contributed by atoms with van der Waals surface area (Å²) < 4.78 is 23.3. The van der Waals surface area contributed by atoms with Gasteiger partial charge in [-0.2, -0.15) is 9.97 Å². The third kappa shape index (κ3) is 3.49. The van der Waals surface area contributed by atoms with Crippen LogP contribution in [0, 0.1) is 5.82 Å². The number of anilines is 1. The molecule has 0 saturated carbocycles. The van der Waals surface area contributed by atoms with Gasteiger partial charge in [-0.3, -0.25) is 5.43 Å². The lowest BCUT2D eigenvalue weighted by atomic mass is 10.3. The topological polar surface area (TPSA) is 95.2 Å². The van der Waals surface area contributed by atoms with Crippen LogP contribution in [0.3, 0.4) is 0 Å². The summed E-state index contributed by atoms with van der Waals surface area (Å²) in [6.07, 6.45) is 0. The van der Waals surface area contributed by atoms with Gasteiger partial charge in [-0.1, -0.05) is 0 Å². The molecule has 2 rings (SSSR count). The van der Waals surface area contributed by atoms with E-state index in [1.165, 1.54) is 24.3 Å². The van der Waals surface area contributed by atoms with Gasteiger partial charge in [0.05, 0.1) is 6.61 Å². The van der Waals surface area contributed by atoms with Crippen LogP contribution in [0.4, 0.5) is 10.3 Å². The first-order valence-corrected chi connectivity index (χ1v) is 5.50. The number of benzene rings is 1. The molecular weight excluding hydrogens is 253 g/mol. The van der Waals surface area contributed by atoms with Gasteiger partial charge in [-0.05, 0) is 31.2 Å². The van der Waals surface area contributed by atoms with Gasteiger partial charge in [-0.15, -0.1) is 4.98 Å². The smallest absolute Gasteiger partial charge is 0.330 e. The average molecular weight is 265 g/mol. The number of ether oxygens (including phenoxy) is 2. The maximum absolute atomic E-state index is 12.8. The van der Waals surface area contributed by atoms with Crippen LogP contribution < -0.4 is 20.7 Å². The van der Waals surface area contributed by atoms with Crippen LogP contribution in [0.1, 0.15) is 6.92 Å². The minimum atomic E-state index is -0.359. The predicted molar refractivity (Wildman–Crippen MR) is 65.3 cm³/mol. The van der Waals surface area contributed by atoms with E-state index in [-0.39, 0.29) is 23.8 Å². The quantitative estimate of drug-likeness (QED) is 0.624. The van der Waals surface area contributed by atoms with E-state index in [0.29, 0.717) is 12.4 Å². The molecule has 0 amide bonds. The second-order valence-electron chi connectivity index (χ2n) is 3.36. The van der Waals surface area contributed by atoms with Crippen LogP contribution in [0.5, 0.6) is 17.8 Å². The molecule has 0 saturated heterocycles. The summed E-state index contributed by atoms with van der Waals surface area (Å²) in [5.41, 5.74) is 2.28. The maximum Gasteiger partial charge on any atom is 0.330 e. The fraction of sp³-hybridized carbons (Fsp3) is 0.182. The van der Waals surface area contributed by atoms with Crippen molar-refractivity contribution in [3.05, 3.63) is 30.1 Å². The zero-order valence-corrected chi connectivity index (χ0v) is 10.1. The predicted octanol–water partition coefficient (Wildman–Crippen LogP) is 1.49. The Balaban J connectivity index is 2.23. The summed E-state index contributed by atoms with van der Waals surface area (Å²) in [6.45, 7) is 2.18. The Bertz CT molecular complexity index is 549. The highest BCUT2D eigenvalue weighted by Gasteiger charge is 2.08. The van der Waals surface area contributed by atoms with Crippen LogP contribution in [0.2, 0.25) is 0 Å². The van der Waals surface area contributed by atoms with E-state index in [4.69, 9.17) is 15.3 Å². The van der Waals surface area contributed by atoms with Crippen molar-refractivity contribution in [2.75, 3.05) is 12.0 Å². The first-order valence-electron chi connectivity index (χ1n) is 5.50. The Morgan fingerprint density at radius 3 is 2.47 bits per heavy atom. The molecule has 2 aromatic rings. The fourth-order valence-corrected chi connectivity index (χ4v) is 1.25. The second-order valence-corrected chi connectivity index (χ2v) is 3.36. The monoisotopic (exact) mass is 265 g/mol. The molecule has 1 heterocycles. The van der Waals surface area contributed by atoms with E-state index >= 15 is 0 Å². The maximum atomic E-state index is 12.8. The van der Waals surface area contributed by atoms with Crippen molar-refractivity contribution in [1.29, 1.82) is 0 Å². The van der Waals surface area contributed by atoms with Crippen LogP contribution >= 0.6 is 0 Å². The molecule has 0 unspecified atom stereocenters. The Hall–Kier alpha value is -2.48. The average Bonchev–Trinajstić information content (AvgIpc) is 2.41. The molecule has 0 aliphatic heterocycles. The van der Waals surface area contributed by atoms with Gasteiger partial charge in [0.2, 0.25) is 5.95 Å². The normalized spacial score (nSPS) is 10.1. The molecule has 0 atom stereocenters. The standard InChI is InChI=1S/C11H12FN5O2/c1-2-18-10-14-9(17-13)15-11(16-10)19-8-5-3-7(12)4-6-8/h3-6H,2,13H2,1H3,(H,14,15,16,17). The number of hydrogen-bond acceptors (Lipinski definition) is 7. The molecule has 0 spiro atoms. The number of rotatable bonds is 5. The molecule has 8 heteroatoms. The zero-order chi connectivity index (χ0) is 13.7. The minimum absolute atomic E-state index is 0.00184. The van der Waals surface area contributed by atoms with Crippen molar-refractivity contribution < 1.29 is 13.9 Å². The molecule has 0 fully saturated rings. The lowest BCUT2D eigenvalue weighted by Gasteiger charge is -2.07. The summed E-state index contributed by atoms with van der Waals surface area (Å²) in [7, 11) is 0. The van der Waals surface area contributed by atoms with Crippen LogP contribution in [0.15, 0.2) is 24.3 Å². The highest BCUT2D eigenvalue weighted by molar-refractivity contribution is 5.29. The van der Waals surface area contributed by atoms with Crippen LogP contribution in [0.25, 0.3) is 0 Å². The van der Waals surface area contributed by atoms with Crippen molar-refractivity contribution >= 4 is 5.95 Å². The van der Waals surface area contributed by atoms with Gasteiger partial charge < -0.3 is 9.47 Å². The number of nitrogens with one attached hydrogen (secondary N) is 1. The van der Waals surface area contributed by atoms with Gasteiger partial charge in [0, 0.05) is 0 Å². The van der Waals surface area contributed by atoms with Gasteiger partial charge in [0.1, 0.15) is 11.6 Å². The lowest BCUT2D eigenvalue weighted by molar-refractivity contribution is 0.304. The lowest BCUT2D eigenvalue weighted by Crippen LogP contribution is -2.12. The Labute approximate surface area is 108 Å². The third-order valence-electron chi connectivity index (χ3n) is 2.02. The van der Waals surface area contributed by atoms with E-state index in [1.807, 2.05) is 0 Å². The van der Waals surface area contributed by atoms with Gasteiger partial charge in [0.15, 0.2) is 0 Å². The van der Waals surface area contributed by atoms with Crippen molar-refractivity contribution in [3.8, 4) is 17.8 Å². The van der Waals surface area contributed by atoms with Crippen molar-refractivity contribution in [3.63, 3.8) is 0 Å². The molecule has 3 N–H and O–H groups in total. The number of hydrogen-bond donors (Lipinski definition) is 2. The number of halogens is 1. The molecular formula is C11H12FN5O2. The van der Waals surface area contributed by atoms with E-state index < -0.39 is 0 Å². The number of nitrogens with zero attached hydrogens (tertiary/aromatic N) is 3. The molecule has 0 bridgehead atoms. The number of aromatic nitrogens is 3. The van der Waals surface area contributed by atoms with E-state index in [9.17, 15) is 4.39 Å². The molecule has 7 nitrogen and oxygen atoms in total. The molecule has 0 aliphatic rings. The number of nitrogens with two attached hydrogens (primary N) is 1. The summed E-state index contributed by atoms with van der Waals surface area (Å²) in [6, 6.07) is 5.52. The molecule has 1 aromatic heterocycles. The van der Waals surface area contributed by atoms with Crippen molar-refractivity contribution in [2.24, 2.45) is 5.84 Å². The summed E-state index contributed by atoms with van der Waals surface area (Å²) in [5, 5.41) is 0. The SMILES string of the molecule is CCOc1nc(NN)nc(Oc2ccc(F)cc2)n1. The molecule has 100 valence electrons. The van der Waals surface area contributed by atoms with Crippen LogP contribution in [-0.2, 0) is 0 Å². The van der Waals surface area contributed by atoms with E-state index in [0.717, 1.165) is 0 Å². The second kappa shape index (κ2) is 5.91. The largest absolute Gasteiger partial charge is 0.464 e. The zero-order valence-electron chi connectivity index (χ0n) is 10.1. The molecule has 1 aromatic carbocycles. The highest BCUT2D eigenvalue weighted by Crippen LogP contribution is 2.20. The van der Waals surface area contributed by atoms with Gasteiger partial charge in [0.25, 0.3) is 0 Å². The minimum Gasteiger partial charge on any atom is -0.464 e. The Kier molecular flexibility index (Phi) is 4.04. The van der Waals surface area contributed by atoms with E-state index in [1.54, 1.807) is 6.92 Å². The third-order valence-corrected chi connectivity index (χ3v) is 2.02. The van der Waals surface area contributed by atoms with Crippen LogP contribution in [-0.4, -0.2) is 21.6 Å². The molecule has 19 heavy (non-hydrogen) atoms. The number of hydrazine groups is 1. The first-order chi connectivity index (χ1) is 9.21. The summed E-state index contributed by atoms with van der Waals surface area (Å²) >= 11 is 0. The first kappa shape index (κ1) is 13.0.